The van der Waals surface area contributed by atoms with Crippen LogP contribution in [0.5, 0.6) is 0 Å². The Morgan fingerprint density at radius 1 is 1.14 bits per heavy atom. The van der Waals surface area contributed by atoms with E-state index in [9.17, 15) is 0 Å². The third-order valence-corrected chi connectivity index (χ3v) is 6.14. The number of rotatable bonds is 8. The number of hydrogen-bond donors (Lipinski definition) is 0. The minimum atomic E-state index is -2.47. The van der Waals surface area contributed by atoms with Crippen LogP contribution < -0.4 is 4.57 Å². The quantitative estimate of drug-likeness (QED) is 0.534. The molecular formula is C13H21N4O3Si+. The van der Waals surface area contributed by atoms with Crippen LogP contribution in [-0.2, 0) is 19.8 Å². The highest BCUT2D eigenvalue weighted by molar-refractivity contribution is 6.60. The molecule has 0 atom stereocenters. The zero-order chi connectivity index (χ0) is 15.1. The molecule has 0 unspecified atom stereocenters. The van der Waals surface area contributed by atoms with Gasteiger partial charge in [0.05, 0.1) is 6.54 Å². The van der Waals surface area contributed by atoms with Gasteiger partial charge in [-0.3, -0.25) is 0 Å². The fourth-order valence-corrected chi connectivity index (χ4v) is 3.81. The summed E-state index contributed by atoms with van der Waals surface area (Å²) in [4.78, 5) is 8.41. The first-order valence-electron chi connectivity index (χ1n) is 6.73. The zero-order valence-corrected chi connectivity index (χ0v) is 13.6. The van der Waals surface area contributed by atoms with E-state index >= 15 is 0 Å². The predicted octanol–water partition coefficient (Wildman–Crippen LogP) is 0.823. The van der Waals surface area contributed by atoms with Gasteiger partial charge in [0.15, 0.2) is 0 Å². The highest BCUT2D eigenvalue weighted by atomic mass is 28.4. The Morgan fingerprint density at radius 2 is 1.81 bits per heavy atom. The van der Waals surface area contributed by atoms with Gasteiger partial charge in [0.25, 0.3) is 6.33 Å². The van der Waals surface area contributed by atoms with Crippen LogP contribution in [0.3, 0.4) is 0 Å². The summed E-state index contributed by atoms with van der Waals surface area (Å²) >= 11 is 0. The molecule has 0 saturated heterocycles. The maximum Gasteiger partial charge on any atom is 0.500 e. The maximum absolute atomic E-state index is 5.41. The van der Waals surface area contributed by atoms with Gasteiger partial charge in [-0.15, -0.1) is 0 Å². The van der Waals surface area contributed by atoms with Crippen LogP contribution in [0.25, 0.3) is 5.95 Å². The fourth-order valence-electron chi connectivity index (χ4n) is 2.10. The van der Waals surface area contributed by atoms with Gasteiger partial charge in [0, 0.05) is 39.8 Å². The van der Waals surface area contributed by atoms with Crippen LogP contribution >= 0.6 is 0 Å². The van der Waals surface area contributed by atoms with E-state index in [1.807, 2.05) is 23.3 Å². The third-order valence-electron chi connectivity index (χ3n) is 3.31. The van der Waals surface area contributed by atoms with Gasteiger partial charge < -0.3 is 13.3 Å². The summed E-state index contributed by atoms with van der Waals surface area (Å²) in [6.07, 6.45) is 10.2. The summed E-state index contributed by atoms with van der Waals surface area (Å²) in [7, 11) is 2.43. The SMILES string of the molecule is CO[Si](CCC[n+]1ccn(-c2ncccn2)c1)(OC)OC. The normalized spacial score (nSPS) is 11.8. The van der Waals surface area contributed by atoms with Gasteiger partial charge in [0.2, 0.25) is 0 Å². The average Bonchev–Trinajstić information content (AvgIpc) is 3.02. The van der Waals surface area contributed by atoms with Crippen molar-refractivity contribution in [3.05, 3.63) is 37.2 Å². The van der Waals surface area contributed by atoms with Gasteiger partial charge in [-0.2, -0.15) is 14.5 Å². The van der Waals surface area contributed by atoms with Gasteiger partial charge in [0.1, 0.15) is 12.4 Å². The second-order valence-corrected chi connectivity index (χ2v) is 7.60. The Morgan fingerprint density at radius 3 is 2.43 bits per heavy atom. The lowest BCUT2D eigenvalue weighted by atomic mass is 10.5. The van der Waals surface area contributed by atoms with Crippen LogP contribution in [0.2, 0.25) is 6.04 Å². The summed E-state index contributed by atoms with van der Waals surface area (Å²) in [5.74, 6) is 0.658. The van der Waals surface area contributed by atoms with Crippen molar-refractivity contribution in [2.45, 2.75) is 19.0 Å². The molecule has 21 heavy (non-hydrogen) atoms. The number of nitrogens with zero attached hydrogens (tertiary/aromatic N) is 4. The molecule has 2 rings (SSSR count). The lowest BCUT2D eigenvalue weighted by Gasteiger charge is -2.23. The molecular weight excluding hydrogens is 288 g/mol. The Balaban J connectivity index is 1.92. The van der Waals surface area contributed by atoms with Crippen molar-refractivity contribution >= 4 is 8.80 Å². The van der Waals surface area contributed by atoms with Gasteiger partial charge >= 0.3 is 14.8 Å². The molecule has 8 heteroatoms. The maximum atomic E-state index is 5.41. The van der Waals surface area contributed by atoms with Gasteiger partial charge in [-0.25, -0.2) is 4.57 Å². The molecule has 0 aromatic carbocycles. The van der Waals surface area contributed by atoms with E-state index in [1.54, 1.807) is 39.8 Å². The molecule has 0 aliphatic carbocycles. The Bertz CT molecular complexity index is 537. The van der Waals surface area contributed by atoms with E-state index in [2.05, 4.69) is 14.5 Å². The largest absolute Gasteiger partial charge is 0.500 e. The summed E-state index contributed by atoms with van der Waals surface area (Å²) in [5.41, 5.74) is 0. The van der Waals surface area contributed by atoms with Crippen molar-refractivity contribution in [2.24, 2.45) is 0 Å². The molecule has 0 aliphatic heterocycles. The first kappa shape index (κ1) is 15.8. The standard InChI is InChI=1S/C13H21N4O3Si/c1-18-21(19-2,20-3)11-5-8-16-9-10-17(12-16)13-14-6-4-7-15-13/h4,6-7,9-10,12H,5,8,11H2,1-3H3/q+1. The van der Waals surface area contributed by atoms with Crippen LogP contribution in [-0.4, -0.2) is 44.7 Å². The molecule has 7 nitrogen and oxygen atoms in total. The number of aryl methyl sites for hydroxylation is 1. The second-order valence-electron chi connectivity index (χ2n) is 4.51. The van der Waals surface area contributed by atoms with Crippen LogP contribution in [0.4, 0.5) is 0 Å². The highest BCUT2D eigenvalue weighted by Crippen LogP contribution is 2.14. The van der Waals surface area contributed by atoms with E-state index in [0.29, 0.717) is 5.95 Å². The number of hydrogen-bond acceptors (Lipinski definition) is 5. The average molecular weight is 309 g/mol. The van der Waals surface area contributed by atoms with Crippen molar-refractivity contribution in [1.82, 2.24) is 14.5 Å². The lowest BCUT2D eigenvalue weighted by Crippen LogP contribution is -2.43. The predicted molar refractivity (Wildman–Crippen MR) is 77.8 cm³/mol. The van der Waals surface area contributed by atoms with E-state index < -0.39 is 8.80 Å². The molecule has 2 aromatic heterocycles. The van der Waals surface area contributed by atoms with E-state index in [0.717, 1.165) is 19.0 Å². The molecule has 0 amide bonds. The Hall–Kier alpha value is -1.61. The van der Waals surface area contributed by atoms with Gasteiger partial charge in [-0.05, 0) is 12.5 Å². The molecule has 0 aliphatic rings. The van der Waals surface area contributed by atoms with Crippen molar-refractivity contribution in [3.8, 4) is 5.95 Å². The zero-order valence-electron chi connectivity index (χ0n) is 12.6. The van der Waals surface area contributed by atoms with Crippen LogP contribution in [0.15, 0.2) is 37.2 Å². The lowest BCUT2D eigenvalue weighted by molar-refractivity contribution is -0.696. The topological polar surface area (TPSA) is 62.3 Å². The smallest absolute Gasteiger partial charge is 0.377 e. The molecule has 0 spiro atoms. The third kappa shape index (κ3) is 3.94. The highest BCUT2D eigenvalue weighted by Gasteiger charge is 2.37. The molecule has 0 fully saturated rings. The minimum absolute atomic E-state index is 0.658. The summed E-state index contributed by atoms with van der Waals surface area (Å²) in [6, 6.07) is 2.57. The Kier molecular flexibility index (Phi) is 5.57. The van der Waals surface area contributed by atoms with E-state index in [1.165, 1.54) is 0 Å². The molecule has 0 bridgehead atoms. The summed E-state index contributed by atoms with van der Waals surface area (Å²) in [5, 5.41) is 0. The molecule has 2 aromatic rings. The number of imidazole rings is 1. The van der Waals surface area contributed by atoms with Crippen molar-refractivity contribution in [2.75, 3.05) is 21.3 Å². The molecule has 0 N–H and O–H groups in total. The summed E-state index contributed by atoms with van der Waals surface area (Å²) < 4.78 is 20.2. The fraction of sp³-hybridized carbons (Fsp3) is 0.462. The van der Waals surface area contributed by atoms with Crippen LogP contribution in [0, 0.1) is 0 Å². The molecule has 2 heterocycles. The minimum Gasteiger partial charge on any atom is -0.377 e. The molecule has 0 radical (unpaired) electrons. The second kappa shape index (κ2) is 7.41. The first-order chi connectivity index (χ1) is 10.2. The first-order valence-corrected chi connectivity index (χ1v) is 8.66. The summed E-state index contributed by atoms with van der Waals surface area (Å²) in [6.45, 7) is 0.852. The van der Waals surface area contributed by atoms with Crippen molar-refractivity contribution < 1.29 is 17.8 Å². The van der Waals surface area contributed by atoms with Crippen molar-refractivity contribution in [1.29, 1.82) is 0 Å². The van der Waals surface area contributed by atoms with E-state index in [-0.39, 0.29) is 0 Å². The monoisotopic (exact) mass is 309 g/mol. The number of aromatic nitrogens is 4. The van der Waals surface area contributed by atoms with Crippen LogP contribution in [0.1, 0.15) is 6.42 Å². The van der Waals surface area contributed by atoms with E-state index in [4.69, 9.17) is 13.3 Å². The Labute approximate surface area is 125 Å². The molecule has 0 saturated carbocycles. The van der Waals surface area contributed by atoms with Gasteiger partial charge in [-0.1, -0.05) is 0 Å². The molecule has 114 valence electrons. The van der Waals surface area contributed by atoms with Crippen molar-refractivity contribution in [3.63, 3.8) is 0 Å².